The predicted octanol–water partition coefficient (Wildman–Crippen LogP) is 1.82. The number of ether oxygens (including phenoxy) is 2. The second-order valence-electron chi connectivity index (χ2n) is 5.47. The van der Waals surface area contributed by atoms with Crippen LogP contribution in [-0.2, 0) is 9.53 Å². The Hall–Kier alpha value is -2.74. The number of fused-ring (bicyclic) bond motifs is 1. The highest BCUT2D eigenvalue weighted by Gasteiger charge is 2.18. The fraction of sp³-hybridized carbons (Fsp3) is 0.375. The number of rotatable bonds is 6. The van der Waals surface area contributed by atoms with Gasteiger partial charge in [-0.05, 0) is 31.0 Å². The van der Waals surface area contributed by atoms with Crippen molar-refractivity contribution < 1.29 is 19.2 Å². The Kier molecular flexibility index (Phi) is 4.85. The van der Waals surface area contributed by atoms with E-state index in [0.717, 1.165) is 19.4 Å². The van der Waals surface area contributed by atoms with Gasteiger partial charge in [-0.2, -0.15) is 0 Å². The zero-order valence-corrected chi connectivity index (χ0v) is 12.9. The molecular weight excluding hydrogens is 314 g/mol. The molecule has 126 valence electrons. The molecule has 1 aliphatic rings. The lowest BCUT2D eigenvalue weighted by atomic mass is 10.1. The number of nitrogens with one attached hydrogen (secondary N) is 1. The molecule has 1 amide bonds. The van der Waals surface area contributed by atoms with Crippen LogP contribution in [0.25, 0.3) is 10.9 Å². The monoisotopic (exact) mass is 331 g/mol. The highest BCUT2D eigenvalue weighted by molar-refractivity contribution is 5.92. The number of nitrogens with zero attached hydrogens (tertiary/aromatic N) is 2. The summed E-state index contributed by atoms with van der Waals surface area (Å²) in [6.45, 7) is 1.01. The average Bonchev–Trinajstić information content (AvgIpc) is 3.11. The van der Waals surface area contributed by atoms with Crippen LogP contribution in [0.3, 0.4) is 0 Å². The first-order chi connectivity index (χ1) is 11.6. The Balaban J connectivity index is 1.65. The molecule has 8 nitrogen and oxygen atoms in total. The molecule has 0 radical (unpaired) electrons. The molecule has 0 aliphatic carbocycles. The van der Waals surface area contributed by atoms with Crippen molar-refractivity contribution in [2.24, 2.45) is 0 Å². The number of carbonyl (C=O) groups excluding carboxylic acids is 1. The standard InChI is InChI=1S/C16H17N3O5/c20-15(18-9-11-3-2-8-23-11)10-24-14-6-5-13(19(21)22)12-4-1-7-17-16(12)14/h1,4-7,11H,2-3,8-10H2,(H,18,20). The molecule has 1 aromatic heterocycles. The molecule has 3 rings (SSSR count). The first-order valence-corrected chi connectivity index (χ1v) is 7.68. The Morgan fingerprint density at radius 1 is 1.46 bits per heavy atom. The smallest absolute Gasteiger partial charge is 0.279 e. The van der Waals surface area contributed by atoms with Gasteiger partial charge in [0.1, 0.15) is 11.3 Å². The van der Waals surface area contributed by atoms with E-state index in [4.69, 9.17) is 9.47 Å². The van der Waals surface area contributed by atoms with Crippen LogP contribution in [0.1, 0.15) is 12.8 Å². The van der Waals surface area contributed by atoms with Crippen molar-refractivity contribution >= 4 is 22.5 Å². The van der Waals surface area contributed by atoms with Gasteiger partial charge in [0.15, 0.2) is 6.61 Å². The van der Waals surface area contributed by atoms with Crippen LogP contribution in [0.4, 0.5) is 5.69 Å². The number of hydrogen-bond acceptors (Lipinski definition) is 6. The molecule has 24 heavy (non-hydrogen) atoms. The van der Waals surface area contributed by atoms with Gasteiger partial charge in [-0.25, -0.2) is 0 Å². The molecule has 1 fully saturated rings. The van der Waals surface area contributed by atoms with Crippen LogP contribution < -0.4 is 10.1 Å². The van der Waals surface area contributed by atoms with E-state index in [1.807, 2.05) is 0 Å². The predicted molar refractivity (Wildman–Crippen MR) is 85.9 cm³/mol. The van der Waals surface area contributed by atoms with Crippen LogP contribution in [0.15, 0.2) is 30.5 Å². The zero-order chi connectivity index (χ0) is 16.9. The lowest BCUT2D eigenvalue weighted by Crippen LogP contribution is -2.35. The van der Waals surface area contributed by atoms with Crippen molar-refractivity contribution in [3.05, 3.63) is 40.6 Å². The van der Waals surface area contributed by atoms with Gasteiger partial charge in [-0.3, -0.25) is 19.9 Å². The highest BCUT2D eigenvalue weighted by Crippen LogP contribution is 2.31. The number of benzene rings is 1. The molecule has 1 unspecified atom stereocenters. The van der Waals surface area contributed by atoms with Crippen molar-refractivity contribution in [1.29, 1.82) is 0 Å². The second kappa shape index (κ2) is 7.22. The third kappa shape index (κ3) is 3.60. The maximum atomic E-state index is 11.9. The SMILES string of the molecule is O=C(COc1ccc([N+](=O)[O-])c2cccnc12)NCC1CCCO1. The zero-order valence-electron chi connectivity index (χ0n) is 12.9. The van der Waals surface area contributed by atoms with E-state index in [0.29, 0.717) is 23.2 Å². The molecule has 2 aromatic rings. The quantitative estimate of drug-likeness (QED) is 0.639. The molecule has 0 bridgehead atoms. The number of hydrogen-bond donors (Lipinski definition) is 1. The maximum Gasteiger partial charge on any atom is 0.279 e. The number of amides is 1. The van der Waals surface area contributed by atoms with Gasteiger partial charge in [-0.1, -0.05) is 0 Å². The summed E-state index contributed by atoms with van der Waals surface area (Å²) in [5.41, 5.74) is 0.312. The minimum absolute atomic E-state index is 0.0479. The van der Waals surface area contributed by atoms with Gasteiger partial charge in [0.05, 0.1) is 16.4 Å². The topological polar surface area (TPSA) is 104 Å². The van der Waals surface area contributed by atoms with Crippen molar-refractivity contribution in [3.63, 3.8) is 0 Å². The average molecular weight is 331 g/mol. The third-order valence-corrected chi connectivity index (χ3v) is 3.82. The Bertz CT molecular complexity index is 758. The highest BCUT2D eigenvalue weighted by atomic mass is 16.6. The Morgan fingerprint density at radius 3 is 3.08 bits per heavy atom. The summed E-state index contributed by atoms with van der Waals surface area (Å²) in [7, 11) is 0. The Morgan fingerprint density at radius 2 is 2.33 bits per heavy atom. The van der Waals surface area contributed by atoms with Crippen LogP contribution in [0.2, 0.25) is 0 Å². The minimum Gasteiger partial charge on any atom is -0.481 e. The summed E-state index contributed by atoms with van der Waals surface area (Å²) >= 11 is 0. The van der Waals surface area contributed by atoms with Crippen molar-refractivity contribution in [3.8, 4) is 5.75 Å². The van der Waals surface area contributed by atoms with Crippen molar-refractivity contribution in [2.75, 3.05) is 19.8 Å². The van der Waals surface area contributed by atoms with E-state index < -0.39 is 4.92 Å². The van der Waals surface area contributed by atoms with E-state index in [-0.39, 0.29) is 24.3 Å². The normalized spacial score (nSPS) is 16.9. The first kappa shape index (κ1) is 16.1. The largest absolute Gasteiger partial charge is 0.481 e. The van der Waals surface area contributed by atoms with Crippen LogP contribution >= 0.6 is 0 Å². The molecule has 2 heterocycles. The third-order valence-electron chi connectivity index (χ3n) is 3.82. The minimum atomic E-state index is -0.470. The number of nitro benzene ring substituents is 1. The molecule has 1 aliphatic heterocycles. The molecule has 1 aromatic carbocycles. The van der Waals surface area contributed by atoms with Gasteiger partial charge >= 0.3 is 0 Å². The van der Waals surface area contributed by atoms with Gasteiger partial charge in [0.2, 0.25) is 0 Å². The number of carbonyl (C=O) groups is 1. The molecule has 0 spiro atoms. The molecule has 1 atom stereocenters. The molecule has 8 heteroatoms. The summed E-state index contributed by atoms with van der Waals surface area (Å²) in [5.74, 6) is 0.0661. The number of non-ortho nitro benzene ring substituents is 1. The second-order valence-corrected chi connectivity index (χ2v) is 5.47. The van der Waals surface area contributed by atoms with E-state index in [1.54, 1.807) is 12.1 Å². The Labute approximate surface area is 137 Å². The fourth-order valence-corrected chi connectivity index (χ4v) is 2.63. The van der Waals surface area contributed by atoms with Crippen LogP contribution in [-0.4, -0.2) is 41.7 Å². The fourth-order valence-electron chi connectivity index (χ4n) is 2.63. The van der Waals surface area contributed by atoms with Crippen LogP contribution in [0.5, 0.6) is 5.75 Å². The number of aromatic nitrogens is 1. The van der Waals surface area contributed by atoms with Gasteiger partial charge in [0.25, 0.3) is 11.6 Å². The molecule has 0 saturated carbocycles. The van der Waals surface area contributed by atoms with Gasteiger partial charge < -0.3 is 14.8 Å². The van der Waals surface area contributed by atoms with E-state index in [2.05, 4.69) is 10.3 Å². The molecule has 1 saturated heterocycles. The summed E-state index contributed by atoms with van der Waals surface area (Å²) in [4.78, 5) is 26.6. The number of nitro groups is 1. The van der Waals surface area contributed by atoms with E-state index in [9.17, 15) is 14.9 Å². The molecular formula is C16H17N3O5. The summed E-state index contributed by atoms with van der Waals surface area (Å²) in [6.07, 6.45) is 3.54. The maximum absolute atomic E-state index is 11.9. The van der Waals surface area contributed by atoms with E-state index in [1.165, 1.54) is 18.3 Å². The lowest BCUT2D eigenvalue weighted by molar-refractivity contribution is -0.383. The summed E-state index contributed by atoms with van der Waals surface area (Å²) in [6, 6.07) is 6.03. The van der Waals surface area contributed by atoms with Crippen molar-refractivity contribution in [1.82, 2.24) is 10.3 Å². The van der Waals surface area contributed by atoms with Gasteiger partial charge in [-0.15, -0.1) is 0 Å². The van der Waals surface area contributed by atoms with Crippen LogP contribution in [0, 0.1) is 10.1 Å². The molecule has 1 N–H and O–H groups in total. The first-order valence-electron chi connectivity index (χ1n) is 7.68. The summed E-state index contributed by atoms with van der Waals surface area (Å²) in [5, 5.41) is 14.2. The summed E-state index contributed by atoms with van der Waals surface area (Å²) < 4.78 is 10.9. The van der Waals surface area contributed by atoms with E-state index >= 15 is 0 Å². The van der Waals surface area contributed by atoms with Gasteiger partial charge in [0, 0.05) is 25.4 Å². The van der Waals surface area contributed by atoms with Crippen molar-refractivity contribution in [2.45, 2.75) is 18.9 Å². The number of pyridine rings is 1. The lowest BCUT2D eigenvalue weighted by Gasteiger charge is -2.12.